The van der Waals surface area contributed by atoms with Crippen molar-refractivity contribution < 1.29 is 4.42 Å². The molecule has 0 fully saturated rings. The van der Waals surface area contributed by atoms with Crippen molar-refractivity contribution in [2.75, 3.05) is 0 Å². The number of fused-ring (bicyclic) bond motifs is 9. The van der Waals surface area contributed by atoms with Crippen molar-refractivity contribution >= 4 is 65.6 Å². The molecule has 0 saturated carbocycles. The van der Waals surface area contributed by atoms with Crippen LogP contribution in [0.2, 0.25) is 0 Å². The fraction of sp³-hybridized carbons (Fsp3) is 0. The Labute approximate surface area is 327 Å². The van der Waals surface area contributed by atoms with Gasteiger partial charge in [-0.25, -0.2) is 9.97 Å². The molecule has 12 aromatic rings. The first-order valence-electron chi connectivity index (χ1n) is 19.2. The van der Waals surface area contributed by atoms with Crippen LogP contribution in [0.15, 0.2) is 199 Å². The van der Waals surface area contributed by atoms with Gasteiger partial charge in [0.2, 0.25) is 0 Å². The first-order valence-corrected chi connectivity index (χ1v) is 19.2. The van der Waals surface area contributed by atoms with Gasteiger partial charge in [-0.05, 0) is 71.8 Å². The Morgan fingerprint density at radius 3 is 1.53 bits per heavy atom. The highest BCUT2D eigenvalue weighted by Gasteiger charge is 2.19. The molecule has 0 aliphatic rings. The molecule has 8 aromatic carbocycles. The smallest absolute Gasteiger partial charge is 0.162 e. The Hall–Kier alpha value is -7.76. The number of furan rings is 1. The molecule has 0 aliphatic heterocycles. The van der Waals surface area contributed by atoms with Gasteiger partial charge >= 0.3 is 0 Å². The lowest BCUT2D eigenvalue weighted by Gasteiger charge is -2.12. The van der Waals surface area contributed by atoms with E-state index in [2.05, 4.69) is 179 Å². The van der Waals surface area contributed by atoms with Gasteiger partial charge in [0, 0.05) is 55.2 Å². The summed E-state index contributed by atoms with van der Waals surface area (Å²) >= 11 is 0. The van der Waals surface area contributed by atoms with Crippen molar-refractivity contribution in [1.29, 1.82) is 0 Å². The molecule has 5 heteroatoms. The van der Waals surface area contributed by atoms with Crippen LogP contribution in [-0.2, 0) is 0 Å². The van der Waals surface area contributed by atoms with E-state index in [0.29, 0.717) is 5.82 Å². The molecule has 0 radical (unpaired) electrons. The third-order valence-corrected chi connectivity index (χ3v) is 11.3. The fourth-order valence-corrected chi connectivity index (χ4v) is 8.71. The molecule has 4 aromatic heterocycles. The second-order valence-electron chi connectivity index (χ2n) is 14.6. The van der Waals surface area contributed by atoms with Gasteiger partial charge in [-0.1, -0.05) is 127 Å². The van der Waals surface area contributed by atoms with Crippen LogP contribution in [0, 0.1) is 0 Å². The van der Waals surface area contributed by atoms with E-state index in [-0.39, 0.29) is 0 Å². The Morgan fingerprint density at radius 2 is 0.842 bits per heavy atom. The number of aromatic nitrogens is 4. The van der Waals surface area contributed by atoms with Crippen LogP contribution in [0.25, 0.3) is 111 Å². The third kappa shape index (κ3) is 4.96. The van der Waals surface area contributed by atoms with Crippen molar-refractivity contribution in [3.05, 3.63) is 194 Å². The largest absolute Gasteiger partial charge is 0.456 e. The van der Waals surface area contributed by atoms with Gasteiger partial charge in [-0.3, -0.25) is 4.57 Å². The van der Waals surface area contributed by atoms with Crippen LogP contribution in [0.4, 0.5) is 0 Å². The number of hydrogen-bond acceptors (Lipinski definition) is 3. The molecular formula is C52H32N4O. The molecule has 266 valence electrons. The third-order valence-electron chi connectivity index (χ3n) is 11.3. The van der Waals surface area contributed by atoms with Crippen LogP contribution in [0.3, 0.4) is 0 Å². The van der Waals surface area contributed by atoms with Crippen LogP contribution in [0.5, 0.6) is 0 Å². The van der Waals surface area contributed by atoms with Crippen molar-refractivity contribution in [3.8, 4) is 45.3 Å². The van der Waals surface area contributed by atoms with E-state index in [0.717, 1.165) is 77.8 Å². The van der Waals surface area contributed by atoms with Crippen molar-refractivity contribution in [2.24, 2.45) is 0 Å². The highest BCUT2D eigenvalue weighted by Crippen LogP contribution is 2.39. The van der Waals surface area contributed by atoms with Gasteiger partial charge in [0.05, 0.1) is 27.8 Å². The molecule has 0 N–H and O–H groups in total. The zero-order valence-electron chi connectivity index (χ0n) is 30.7. The lowest BCUT2D eigenvalue weighted by molar-refractivity contribution is 0.669. The number of para-hydroxylation sites is 3. The Morgan fingerprint density at radius 1 is 0.333 bits per heavy atom. The van der Waals surface area contributed by atoms with E-state index in [1.165, 1.54) is 27.2 Å². The molecule has 4 heterocycles. The predicted molar refractivity (Wildman–Crippen MR) is 234 cm³/mol. The van der Waals surface area contributed by atoms with E-state index in [1.807, 2.05) is 24.3 Å². The maximum absolute atomic E-state index is 6.43. The molecule has 0 bridgehead atoms. The predicted octanol–water partition coefficient (Wildman–Crippen LogP) is 13.6. The summed E-state index contributed by atoms with van der Waals surface area (Å²) in [6.07, 6.45) is 0. The normalized spacial score (nSPS) is 11.9. The lowest BCUT2D eigenvalue weighted by atomic mass is 10.0. The van der Waals surface area contributed by atoms with E-state index in [1.54, 1.807) is 0 Å². The van der Waals surface area contributed by atoms with E-state index in [9.17, 15) is 0 Å². The van der Waals surface area contributed by atoms with Gasteiger partial charge in [0.25, 0.3) is 0 Å². The van der Waals surface area contributed by atoms with Gasteiger partial charge in [0.1, 0.15) is 17.0 Å². The zero-order chi connectivity index (χ0) is 37.5. The minimum absolute atomic E-state index is 0.691. The minimum Gasteiger partial charge on any atom is -0.456 e. The van der Waals surface area contributed by atoms with Crippen LogP contribution in [0.1, 0.15) is 0 Å². The second-order valence-corrected chi connectivity index (χ2v) is 14.6. The lowest BCUT2D eigenvalue weighted by Crippen LogP contribution is -2.02. The average molecular weight is 729 g/mol. The molecule has 0 spiro atoms. The van der Waals surface area contributed by atoms with Gasteiger partial charge in [-0.2, -0.15) is 0 Å². The van der Waals surface area contributed by atoms with E-state index >= 15 is 0 Å². The number of rotatable bonds is 5. The molecule has 12 rings (SSSR count). The Balaban J connectivity index is 1.02. The van der Waals surface area contributed by atoms with Crippen LogP contribution in [-0.4, -0.2) is 19.1 Å². The fourth-order valence-electron chi connectivity index (χ4n) is 8.71. The number of nitrogens with zero attached hydrogens (tertiary/aromatic N) is 4. The summed E-state index contributed by atoms with van der Waals surface area (Å²) in [5, 5.41) is 7.01. The second kappa shape index (κ2) is 12.4. The molecule has 0 atom stereocenters. The summed E-state index contributed by atoms with van der Waals surface area (Å²) < 4.78 is 11.1. The maximum atomic E-state index is 6.43. The molecule has 0 aliphatic carbocycles. The minimum atomic E-state index is 0.691. The summed E-state index contributed by atoms with van der Waals surface area (Å²) in [5.74, 6) is 1.52. The summed E-state index contributed by atoms with van der Waals surface area (Å²) in [4.78, 5) is 10.3. The molecule has 57 heavy (non-hydrogen) atoms. The molecule has 0 saturated heterocycles. The Kier molecular flexibility index (Phi) is 6.86. The molecule has 0 amide bonds. The summed E-state index contributed by atoms with van der Waals surface area (Å²) in [6.45, 7) is 0. The van der Waals surface area contributed by atoms with Crippen molar-refractivity contribution in [2.45, 2.75) is 0 Å². The highest BCUT2D eigenvalue weighted by atomic mass is 16.3. The average Bonchev–Trinajstić information content (AvgIpc) is 3.94. The summed E-state index contributed by atoms with van der Waals surface area (Å²) in [5.41, 5.74) is 12.6. The summed E-state index contributed by atoms with van der Waals surface area (Å²) in [7, 11) is 0. The first kappa shape index (κ1) is 31.6. The molecule has 0 unspecified atom stereocenters. The highest BCUT2D eigenvalue weighted by molar-refractivity contribution is 6.12. The van der Waals surface area contributed by atoms with Crippen molar-refractivity contribution in [3.63, 3.8) is 0 Å². The topological polar surface area (TPSA) is 48.8 Å². The summed E-state index contributed by atoms with van der Waals surface area (Å²) in [6, 6.07) is 68.4. The maximum Gasteiger partial charge on any atom is 0.162 e. The van der Waals surface area contributed by atoms with Crippen LogP contribution < -0.4 is 0 Å². The SMILES string of the molecule is c1ccc(-c2cc(-n3c4ccccc4c4cc(-c5ccc6oc7ccc(-n8c9ccccc9c9ccccc98)cc7c6c5)ccc43)nc(-c3ccccc3)n2)cc1. The van der Waals surface area contributed by atoms with Gasteiger partial charge < -0.3 is 8.98 Å². The monoisotopic (exact) mass is 728 g/mol. The zero-order valence-corrected chi connectivity index (χ0v) is 30.7. The molecular weight excluding hydrogens is 697 g/mol. The quantitative estimate of drug-likeness (QED) is 0.177. The van der Waals surface area contributed by atoms with Gasteiger partial charge in [-0.15, -0.1) is 0 Å². The van der Waals surface area contributed by atoms with Crippen LogP contribution >= 0.6 is 0 Å². The molecule has 5 nitrogen and oxygen atoms in total. The standard InChI is InChI=1S/C52H32N4O/c1-3-13-33(14-4-1)44-32-51(54-52(53-44)34-15-5-2-6-16-34)56-47-22-12-9-19-40(47)41-29-35(23-26-48(41)56)36-24-27-49-42(30-36)43-31-37(25-28-50(43)57-49)55-45-20-10-7-17-38(45)39-18-8-11-21-46(39)55/h1-32H. The van der Waals surface area contributed by atoms with E-state index in [4.69, 9.17) is 14.4 Å². The number of benzene rings is 8. The van der Waals surface area contributed by atoms with Crippen molar-refractivity contribution in [1.82, 2.24) is 19.1 Å². The Bertz CT molecular complexity index is 3410. The first-order chi connectivity index (χ1) is 28.2. The van der Waals surface area contributed by atoms with Gasteiger partial charge in [0.15, 0.2) is 5.82 Å². The number of hydrogen-bond donors (Lipinski definition) is 0. The van der Waals surface area contributed by atoms with E-state index < -0.39 is 0 Å².